The molecule has 0 saturated heterocycles. The van der Waals surface area contributed by atoms with Gasteiger partial charge in [0.1, 0.15) is 5.83 Å². The molecular weight excluding hydrogens is 393 g/mol. The number of sulfonamides is 1. The molecule has 0 aliphatic heterocycles. The van der Waals surface area contributed by atoms with E-state index in [0.29, 0.717) is 27.7 Å². The van der Waals surface area contributed by atoms with Crippen LogP contribution in [0, 0.1) is 11.3 Å². The Labute approximate surface area is 168 Å². The summed E-state index contributed by atoms with van der Waals surface area (Å²) in [6.45, 7) is 0.0252. The molecule has 0 spiro atoms. The maximum absolute atomic E-state index is 14.0. The molecule has 9 heteroatoms. The van der Waals surface area contributed by atoms with Gasteiger partial charge in [-0.25, -0.2) is 22.1 Å². The van der Waals surface area contributed by atoms with Gasteiger partial charge in [-0.05, 0) is 35.9 Å². The number of rotatable bonds is 6. The van der Waals surface area contributed by atoms with Crippen molar-refractivity contribution in [2.45, 2.75) is 11.4 Å². The Hall–Kier alpha value is -3.06. The van der Waals surface area contributed by atoms with Crippen molar-refractivity contribution in [3.8, 4) is 17.2 Å². The first-order valence-corrected chi connectivity index (χ1v) is 10.2. The van der Waals surface area contributed by atoms with E-state index in [9.17, 15) is 18.1 Å². The van der Waals surface area contributed by atoms with Crippen LogP contribution in [0.3, 0.4) is 0 Å². The molecular formula is C20H20FN5O2S. The van der Waals surface area contributed by atoms with Crippen LogP contribution in [-0.2, 0) is 16.6 Å². The quantitative estimate of drug-likeness (QED) is 0.669. The molecule has 2 N–H and O–H groups in total. The smallest absolute Gasteiger partial charge is 0.242 e. The van der Waals surface area contributed by atoms with Gasteiger partial charge in [-0.1, -0.05) is 12.1 Å². The summed E-state index contributed by atoms with van der Waals surface area (Å²) in [6.07, 6.45) is 2.76. The highest BCUT2D eigenvalue weighted by Crippen LogP contribution is 2.31. The van der Waals surface area contributed by atoms with Crippen molar-refractivity contribution in [2.24, 2.45) is 5.73 Å². The van der Waals surface area contributed by atoms with E-state index in [4.69, 9.17) is 5.73 Å². The zero-order valence-electron chi connectivity index (χ0n) is 16.0. The number of benzene rings is 2. The fourth-order valence-corrected chi connectivity index (χ4v) is 3.91. The van der Waals surface area contributed by atoms with E-state index in [-0.39, 0.29) is 18.0 Å². The fraction of sp³-hybridized carbons (Fsp3) is 0.200. The third kappa shape index (κ3) is 4.05. The number of hydrogen-bond acceptors (Lipinski definition) is 5. The molecule has 29 heavy (non-hydrogen) atoms. The molecule has 0 aliphatic rings. The van der Waals surface area contributed by atoms with Gasteiger partial charge in [0.25, 0.3) is 0 Å². The minimum atomic E-state index is -3.62. The van der Waals surface area contributed by atoms with Crippen LogP contribution in [-0.4, -0.2) is 42.9 Å². The number of hydrogen-bond donors (Lipinski definition) is 1. The van der Waals surface area contributed by atoms with Gasteiger partial charge in [-0.2, -0.15) is 5.26 Å². The van der Waals surface area contributed by atoms with Gasteiger partial charge in [-0.3, -0.25) is 0 Å². The first-order chi connectivity index (χ1) is 13.8. The Balaban J connectivity index is 2.20. The highest BCUT2D eigenvalue weighted by Gasteiger charge is 2.19. The summed E-state index contributed by atoms with van der Waals surface area (Å²) in [6, 6.07) is 11.8. The maximum atomic E-state index is 14.0. The molecule has 0 fully saturated rings. The first kappa shape index (κ1) is 20.7. The van der Waals surface area contributed by atoms with Gasteiger partial charge in [0, 0.05) is 26.2 Å². The van der Waals surface area contributed by atoms with Crippen LogP contribution in [0.1, 0.15) is 5.56 Å². The second-order valence-corrected chi connectivity index (χ2v) is 8.73. The summed E-state index contributed by atoms with van der Waals surface area (Å²) < 4.78 is 41.6. The number of imidazole rings is 1. The summed E-state index contributed by atoms with van der Waals surface area (Å²) in [5, 5.41) is 9.44. The second kappa shape index (κ2) is 8.13. The third-order valence-corrected chi connectivity index (χ3v) is 6.25. The van der Waals surface area contributed by atoms with Gasteiger partial charge in [0.2, 0.25) is 10.0 Å². The van der Waals surface area contributed by atoms with E-state index < -0.39 is 15.9 Å². The summed E-state index contributed by atoms with van der Waals surface area (Å²) in [5.41, 5.74) is 8.02. The zero-order valence-corrected chi connectivity index (χ0v) is 16.8. The van der Waals surface area contributed by atoms with Crippen LogP contribution in [0.15, 0.2) is 59.5 Å². The van der Waals surface area contributed by atoms with Gasteiger partial charge in [0.15, 0.2) is 0 Å². The van der Waals surface area contributed by atoms with E-state index in [0.717, 1.165) is 4.31 Å². The Morgan fingerprint density at radius 1 is 1.34 bits per heavy atom. The molecule has 0 amide bonds. The van der Waals surface area contributed by atoms with E-state index >= 15 is 0 Å². The number of nitrogens with two attached hydrogens (primary N) is 1. The third-order valence-electron chi connectivity index (χ3n) is 4.44. The van der Waals surface area contributed by atoms with Crippen molar-refractivity contribution in [2.75, 3.05) is 20.6 Å². The summed E-state index contributed by atoms with van der Waals surface area (Å²) in [4.78, 5) is 4.51. The van der Waals surface area contributed by atoms with E-state index in [1.165, 1.54) is 32.6 Å². The molecule has 150 valence electrons. The molecule has 0 saturated carbocycles. The predicted molar refractivity (Wildman–Crippen MR) is 109 cm³/mol. The zero-order chi connectivity index (χ0) is 21.2. The van der Waals surface area contributed by atoms with E-state index in [1.807, 2.05) is 0 Å². The predicted octanol–water partition coefficient (Wildman–Crippen LogP) is 2.64. The van der Waals surface area contributed by atoms with Crippen LogP contribution in [0.4, 0.5) is 4.39 Å². The van der Waals surface area contributed by atoms with Crippen molar-refractivity contribution in [3.05, 3.63) is 60.2 Å². The van der Waals surface area contributed by atoms with Crippen LogP contribution >= 0.6 is 0 Å². The number of allylic oxidation sites excluding steroid dienone is 1. The Kier molecular flexibility index (Phi) is 5.79. The van der Waals surface area contributed by atoms with Gasteiger partial charge in [-0.15, -0.1) is 0 Å². The number of aromatic nitrogens is 2. The molecule has 3 aromatic rings. The van der Waals surface area contributed by atoms with Crippen molar-refractivity contribution < 1.29 is 12.8 Å². The Morgan fingerprint density at radius 2 is 2.10 bits per heavy atom. The summed E-state index contributed by atoms with van der Waals surface area (Å²) in [7, 11) is -0.700. The fourth-order valence-electron chi connectivity index (χ4n) is 2.96. The molecule has 0 unspecified atom stereocenters. The normalized spacial score (nSPS) is 12.5. The topological polar surface area (TPSA) is 105 Å². The molecule has 0 aliphatic carbocycles. The molecule has 0 radical (unpaired) electrons. The van der Waals surface area contributed by atoms with Crippen molar-refractivity contribution >= 4 is 21.1 Å². The molecule has 1 heterocycles. The molecule has 1 aromatic heterocycles. The molecule has 0 atom stereocenters. The molecule has 0 bridgehead atoms. The van der Waals surface area contributed by atoms with Crippen LogP contribution in [0.25, 0.3) is 22.2 Å². The van der Waals surface area contributed by atoms with Crippen molar-refractivity contribution in [3.63, 3.8) is 0 Å². The Morgan fingerprint density at radius 3 is 2.76 bits per heavy atom. The minimum absolute atomic E-state index is 0.0585. The molecule has 3 rings (SSSR count). The maximum Gasteiger partial charge on any atom is 0.242 e. The lowest BCUT2D eigenvalue weighted by Gasteiger charge is -2.13. The van der Waals surface area contributed by atoms with E-state index in [2.05, 4.69) is 11.1 Å². The lowest BCUT2D eigenvalue weighted by Crippen LogP contribution is -2.22. The van der Waals surface area contributed by atoms with Gasteiger partial charge >= 0.3 is 0 Å². The van der Waals surface area contributed by atoms with Gasteiger partial charge in [0.05, 0.1) is 40.4 Å². The number of fused-ring (bicyclic) bond motifs is 1. The molecule has 7 nitrogen and oxygen atoms in total. The van der Waals surface area contributed by atoms with Crippen LogP contribution < -0.4 is 5.73 Å². The average molecular weight is 413 g/mol. The second-order valence-electron chi connectivity index (χ2n) is 6.58. The van der Waals surface area contributed by atoms with Crippen molar-refractivity contribution in [1.29, 1.82) is 5.26 Å². The largest absolute Gasteiger partial charge is 0.327 e. The highest BCUT2D eigenvalue weighted by molar-refractivity contribution is 7.89. The summed E-state index contributed by atoms with van der Waals surface area (Å²) >= 11 is 0. The standard InChI is InChI=1S/C20H20FN5O2S/c1-25(2)29(27,28)17-5-3-4-15(10-17)18-8-14(11-23)9-19-20(18)24-13-26(19)12-16(21)6-7-22/h3-6,8-10,13H,7,12,22H2,1-2H3/b16-6-. The monoisotopic (exact) mass is 413 g/mol. The number of nitriles is 1. The van der Waals surface area contributed by atoms with Crippen LogP contribution in [0.2, 0.25) is 0 Å². The number of nitrogens with zero attached hydrogens (tertiary/aromatic N) is 4. The van der Waals surface area contributed by atoms with Gasteiger partial charge < -0.3 is 10.3 Å². The Bertz CT molecular complexity index is 1240. The van der Waals surface area contributed by atoms with Crippen LogP contribution in [0.5, 0.6) is 0 Å². The summed E-state index contributed by atoms with van der Waals surface area (Å²) in [5.74, 6) is -0.408. The minimum Gasteiger partial charge on any atom is -0.327 e. The highest BCUT2D eigenvalue weighted by atomic mass is 32.2. The lowest BCUT2D eigenvalue weighted by molar-refractivity contribution is 0.521. The average Bonchev–Trinajstić information content (AvgIpc) is 3.10. The number of halogens is 1. The SMILES string of the molecule is CN(C)S(=O)(=O)c1cccc(-c2cc(C#N)cc3c2ncn3C/C(F)=C/CN)c1. The van der Waals surface area contributed by atoms with Crippen molar-refractivity contribution in [1.82, 2.24) is 13.9 Å². The lowest BCUT2D eigenvalue weighted by atomic mass is 10.0. The van der Waals surface area contributed by atoms with E-state index in [1.54, 1.807) is 34.9 Å². The molecule has 2 aromatic carbocycles. The first-order valence-electron chi connectivity index (χ1n) is 8.74.